The van der Waals surface area contributed by atoms with Crippen molar-refractivity contribution in [3.05, 3.63) is 53.9 Å². The van der Waals surface area contributed by atoms with Crippen molar-refractivity contribution in [3.63, 3.8) is 0 Å². The maximum Gasteiger partial charge on any atom is 0.0415 e. The highest BCUT2D eigenvalue weighted by Crippen LogP contribution is 2.20. The van der Waals surface area contributed by atoms with E-state index in [2.05, 4.69) is 73.4 Å². The fourth-order valence-corrected chi connectivity index (χ4v) is 2.36. The third-order valence-corrected chi connectivity index (χ3v) is 3.88. The van der Waals surface area contributed by atoms with Gasteiger partial charge in [-0.05, 0) is 48.1 Å². The van der Waals surface area contributed by atoms with Gasteiger partial charge in [-0.3, -0.25) is 0 Å². The second-order valence-corrected chi connectivity index (χ2v) is 5.54. The molecule has 0 amide bonds. The molecule has 1 N–H and O–H groups in total. The van der Waals surface area contributed by atoms with E-state index >= 15 is 0 Å². The standard InChI is InChI=1S/C18H26N2/c1-4-11-20-12-10-16(14-20)13-19-18-8-6-17(7-9-18)15(3)5-2/h6-10,12,14-15,19H,4-5,11,13H2,1-3H3. The highest BCUT2D eigenvalue weighted by molar-refractivity contribution is 5.45. The largest absolute Gasteiger partial charge is 0.381 e. The van der Waals surface area contributed by atoms with E-state index in [1.54, 1.807) is 0 Å². The lowest BCUT2D eigenvalue weighted by Gasteiger charge is -2.10. The Balaban J connectivity index is 1.89. The molecule has 0 aliphatic carbocycles. The van der Waals surface area contributed by atoms with Crippen LogP contribution in [-0.2, 0) is 13.1 Å². The molecule has 1 aromatic heterocycles. The normalized spacial score (nSPS) is 12.3. The highest BCUT2D eigenvalue weighted by Gasteiger charge is 2.02. The van der Waals surface area contributed by atoms with E-state index in [4.69, 9.17) is 0 Å². The first-order chi connectivity index (χ1) is 9.72. The summed E-state index contributed by atoms with van der Waals surface area (Å²) in [6, 6.07) is 11.0. The Morgan fingerprint density at radius 3 is 2.50 bits per heavy atom. The molecule has 2 heteroatoms. The van der Waals surface area contributed by atoms with Gasteiger partial charge in [0, 0.05) is 31.2 Å². The summed E-state index contributed by atoms with van der Waals surface area (Å²) in [5.74, 6) is 0.645. The number of nitrogens with one attached hydrogen (secondary N) is 1. The van der Waals surface area contributed by atoms with E-state index in [0.717, 1.165) is 13.1 Å². The van der Waals surface area contributed by atoms with Crippen molar-refractivity contribution < 1.29 is 0 Å². The SMILES string of the molecule is CCCn1ccc(CNc2ccc(C(C)CC)cc2)c1. The van der Waals surface area contributed by atoms with Crippen molar-refractivity contribution in [1.82, 2.24) is 4.57 Å². The number of nitrogens with zero attached hydrogens (tertiary/aromatic N) is 1. The number of aromatic nitrogens is 1. The van der Waals surface area contributed by atoms with Crippen LogP contribution in [0.25, 0.3) is 0 Å². The van der Waals surface area contributed by atoms with Gasteiger partial charge in [-0.2, -0.15) is 0 Å². The van der Waals surface area contributed by atoms with E-state index in [0.29, 0.717) is 5.92 Å². The van der Waals surface area contributed by atoms with Crippen molar-refractivity contribution in [2.75, 3.05) is 5.32 Å². The minimum Gasteiger partial charge on any atom is -0.381 e. The van der Waals surface area contributed by atoms with E-state index < -0.39 is 0 Å². The van der Waals surface area contributed by atoms with E-state index in [9.17, 15) is 0 Å². The summed E-state index contributed by atoms with van der Waals surface area (Å²) < 4.78 is 2.25. The second kappa shape index (κ2) is 7.18. The predicted molar refractivity (Wildman–Crippen MR) is 87.2 cm³/mol. The van der Waals surface area contributed by atoms with Crippen LogP contribution in [0, 0.1) is 0 Å². The molecule has 0 saturated carbocycles. The van der Waals surface area contributed by atoms with Gasteiger partial charge < -0.3 is 9.88 Å². The molecule has 2 nitrogen and oxygen atoms in total. The van der Waals surface area contributed by atoms with Gasteiger partial charge in [0.05, 0.1) is 0 Å². The number of rotatable bonds is 7. The summed E-state index contributed by atoms with van der Waals surface area (Å²) in [4.78, 5) is 0. The number of benzene rings is 1. The summed E-state index contributed by atoms with van der Waals surface area (Å²) >= 11 is 0. The average Bonchev–Trinajstić information content (AvgIpc) is 2.93. The third-order valence-electron chi connectivity index (χ3n) is 3.88. The third kappa shape index (κ3) is 3.89. The number of anilines is 1. The van der Waals surface area contributed by atoms with Crippen LogP contribution in [0.2, 0.25) is 0 Å². The van der Waals surface area contributed by atoms with Crippen LogP contribution in [0.15, 0.2) is 42.7 Å². The van der Waals surface area contributed by atoms with Crippen LogP contribution in [0.3, 0.4) is 0 Å². The minimum atomic E-state index is 0.645. The molecule has 0 bridgehead atoms. The predicted octanol–water partition coefficient (Wildman–Crippen LogP) is 5.02. The molecular formula is C18H26N2. The highest BCUT2D eigenvalue weighted by atomic mass is 14.9. The molecule has 1 aromatic carbocycles. The molecule has 108 valence electrons. The first kappa shape index (κ1) is 14.7. The molecule has 2 aromatic rings. The van der Waals surface area contributed by atoms with Crippen molar-refractivity contribution in [2.45, 2.75) is 52.6 Å². The Hall–Kier alpha value is -1.70. The lowest BCUT2D eigenvalue weighted by Crippen LogP contribution is -1.99. The van der Waals surface area contributed by atoms with Crippen molar-refractivity contribution in [1.29, 1.82) is 0 Å². The molecule has 0 saturated heterocycles. The van der Waals surface area contributed by atoms with Crippen LogP contribution in [-0.4, -0.2) is 4.57 Å². The maximum absolute atomic E-state index is 3.49. The molecule has 1 heterocycles. The first-order valence-electron chi connectivity index (χ1n) is 7.71. The van der Waals surface area contributed by atoms with Crippen LogP contribution < -0.4 is 5.32 Å². The van der Waals surface area contributed by atoms with E-state index in [1.807, 2.05) is 0 Å². The van der Waals surface area contributed by atoms with Gasteiger partial charge >= 0.3 is 0 Å². The van der Waals surface area contributed by atoms with Gasteiger partial charge in [0.2, 0.25) is 0 Å². The molecule has 2 rings (SSSR count). The van der Waals surface area contributed by atoms with Gasteiger partial charge in [-0.1, -0.05) is 32.9 Å². The second-order valence-electron chi connectivity index (χ2n) is 5.54. The monoisotopic (exact) mass is 270 g/mol. The molecule has 20 heavy (non-hydrogen) atoms. The van der Waals surface area contributed by atoms with Gasteiger partial charge in [0.1, 0.15) is 0 Å². The summed E-state index contributed by atoms with van der Waals surface area (Å²) in [6.45, 7) is 8.70. The van der Waals surface area contributed by atoms with E-state index in [-0.39, 0.29) is 0 Å². The Labute approximate surface area is 122 Å². The van der Waals surface area contributed by atoms with Crippen molar-refractivity contribution in [3.8, 4) is 0 Å². The Morgan fingerprint density at radius 1 is 1.10 bits per heavy atom. The number of aryl methyl sites for hydroxylation is 1. The molecule has 0 aliphatic rings. The lowest BCUT2D eigenvalue weighted by molar-refractivity contribution is 0.681. The molecule has 0 radical (unpaired) electrons. The summed E-state index contributed by atoms with van der Waals surface area (Å²) in [5, 5.41) is 3.49. The number of hydrogen-bond donors (Lipinski definition) is 1. The molecule has 0 spiro atoms. The molecule has 0 aliphatic heterocycles. The molecule has 1 atom stereocenters. The molecule has 0 fully saturated rings. The Bertz CT molecular complexity index is 510. The van der Waals surface area contributed by atoms with Crippen molar-refractivity contribution in [2.24, 2.45) is 0 Å². The quantitative estimate of drug-likeness (QED) is 0.747. The van der Waals surface area contributed by atoms with Crippen molar-refractivity contribution >= 4 is 5.69 Å². The van der Waals surface area contributed by atoms with Crippen LogP contribution in [0.4, 0.5) is 5.69 Å². The van der Waals surface area contributed by atoms with Gasteiger partial charge in [-0.15, -0.1) is 0 Å². The van der Waals surface area contributed by atoms with Gasteiger partial charge in [0.25, 0.3) is 0 Å². The van der Waals surface area contributed by atoms with Crippen LogP contribution in [0.1, 0.15) is 50.7 Å². The summed E-state index contributed by atoms with van der Waals surface area (Å²) in [7, 11) is 0. The Kier molecular flexibility index (Phi) is 5.28. The fourth-order valence-electron chi connectivity index (χ4n) is 2.36. The minimum absolute atomic E-state index is 0.645. The maximum atomic E-state index is 3.49. The molecule has 1 unspecified atom stereocenters. The van der Waals surface area contributed by atoms with Gasteiger partial charge in [0.15, 0.2) is 0 Å². The average molecular weight is 270 g/mol. The number of hydrogen-bond acceptors (Lipinski definition) is 1. The molecular weight excluding hydrogens is 244 g/mol. The lowest BCUT2D eigenvalue weighted by atomic mass is 9.99. The topological polar surface area (TPSA) is 17.0 Å². The zero-order chi connectivity index (χ0) is 14.4. The van der Waals surface area contributed by atoms with E-state index in [1.165, 1.54) is 29.7 Å². The zero-order valence-electron chi connectivity index (χ0n) is 12.9. The zero-order valence-corrected chi connectivity index (χ0v) is 12.9. The van der Waals surface area contributed by atoms with Crippen LogP contribution in [0.5, 0.6) is 0 Å². The smallest absolute Gasteiger partial charge is 0.0415 e. The Morgan fingerprint density at radius 2 is 1.85 bits per heavy atom. The van der Waals surface area contributed by atoms with Gasteiger partial charge in [-0.25, -0.2) is 0 Å². The first-order valence-corrected chi connectivity index (χ1v) is 7.71. The van der Waals surface area contributed by atoms with Crippen LogP contribution >= 0.6 is 0 Å². The fraction of sp³-hybridized carbons (Fsp3) is 0.444. The summed E-state index contributed by atoms with van der Waals surface area (Å²) in [6.07, 6.45) is 6.76. The summed E-state index contributed by atoms with van der Waals surface area (Å²) in [5.41, 5.74) is 3.96.